The SMILES string of the molecule is CN(CCCc1nccn1C)C(=O)Cn1nccc1C1CCCNC1.Cl.Cl. The summed E-state index contributed by atoms with van der Waals surface area (Å²) in [7, 11) is 3.86. The number of aryl methyl sites for hydroxylation is 2. The van der Waals surface area contributed by atoms with Gasteiger partial charge in [0.15, 0.2) is 0 Å². The maximum atomic E-state index is 12.5. The number of hydrogen-bond donors (Lipinski definition) is 1. The first-order valence-corrected chi connectivity index (χ1v) is 9.07. The molecule has 7 nitrogen and oxygen atoms in total. The van der Waals surface area contributed by atoms with Crippen LogP contribution in [-0.2, 0) is 24.8 Å². The second-order valence-electron chi connectivity index (χ2n) is 6.83. The van der Waals surface area contributed by atoms with E-state index >= 15 is 0 Å². The Balaban J connectivity index is 0.00000182. The number of carbonyl (C=O) groups excluding carboxylic acids is 1. The Kier molecular flexibility index (Phi) is 9.83. The summed E-state index contributed by atoms with van der Waals surface area (Å²) in [6.45, 7) is 3.10. The summed E-state index contributed by atoms with van der Waals surface area (Å²) < 4.78 is 3.89. The van der Waals surface area contributed by atoms with Crippen LogP contribution in [0.3, 0.4) is 0 Å². The van der Waals surface area contributed by atoms with E-state index in [1.165, 1.54) is 12.1 Å². The molecule has 0 spiro atoms. The van der Waals surface area contributed by atoms with E-state index in [0.29, 0.717) is 12.5 Å². The molecule has 1 amide bonds. The van der Waals surface area contributed by atoms with Crippen LogP contribution in [0.2, 0.25) is 0 Å². The fourth-order valence-electron chi connectivity index (χ4n) is 3.41. The Bertz CT molecular complexity index is 696. The number of likely N-dealkylation sites (N-methyl/N-ethyl adjacent to an activating group) is 1. The third-order valence-corrected chi connectivity index (χ3v) is 4.99. The van der Waals surface area contributed by atoms with E-state index in [4.69, 9.17) is 0 Å². The molecule has 0 bridgehead atoms. The lowest BCUT2D eigenvalue weighted by molar-refractivity contribution is -0.130. The number of aromatic nitrogens is 4. The van der Waals surface area contributed by atoms with Crippen molar-refractivity contribution in [1.82, 2.24) is 29.5 Å². The number of halogens is 2. The average Bonchev–Trinajstić information content (AvgIpc) is 3.25. The normalized spacial score (nSPS) is 16.3. The molecule has 2 aromatic heterocycles. The van der Waals surface area contributed by atoms with Crippen LogP contribution in [0.25, 0.3) is 0 Å². The molecular weight excluding hydrogens is 387 g/mol. The van der Waals surface area contributed by atoms with Crippen LogP contribution in [0.1, 0.15) is 36.7 Å². The number of hydrogen-bond acceptors (Lipinski definition) is 4. The Morgan fingerprint density at radius 2 is 2.19 bits per heavy atom. The van der Waals surface area contributed by atoms with Gasteiger partial charge in [-0.2, -0.15) is 5.10 Å². The summed E-state index contributed by atoms with van der Waals surface area (Å²) in [5.41, 5.74) is 1.17. The monoisotopic (exact) mass is 416 g/mol. The lowest BCUT2D eigenvalue weighted by Crippen LogP contribution is -2.34. The zero-order chi connectivity index (χ0) is 17.6. The van der Waals surface area contributed by atoms with Crippen LogP contribution in [0.5, 0.6) is 0 Å². The van der Waals surface area contributed by atoms with Crippen LogP contribution in [0.15, 0.2) is 24.7 Å². The summed E-state index contributed by atoms with van der Waals surface area (Å²) in [6, 6.07) is 2.05. The lowest BCUT2D eigenvalue weighted by Gasteiger charge is -2.24. The molecule has 3 heterocycles. The molecule has 0 aliphatic carbocycles. The minimum Gasteiger partial charge on any atom is -0.344 e. The molecule has 1 aliphatic heterocycles. The van der Waals surface area contributed by atoms with Gasteiger partial charge >= 0.3 is 0 Å². The molecule has 152 valence electrons. The standard InChI is InChI=1S/C18H28N6O.2ClH/c1-22-12-10-20-17(22)6-4-11-23(2)18(25)14-24-16(7-9-21-24)15-5-3-8-19-13-15;;/h7,9-10,12,15,19H,3-6,8,11,13-14H2,1-2H3;2*1H. The number of nitrogens with zero attached hydrogens (tertiary/aromatic N) is 5. The Morgan fingerprint density at radius 1 is 1.37 bits per heavy atom. The smallest absolute Gasteiger partial charge is 0.244 e. The van der Waals surface area contributed by atoms with E-state index in [1.807, 2.05) is 41.8 Å². The molecule has 0 aromatic carbocycles. The van der Waals surface area contributed by atoms with Crippen LogP contribution < -0.4 is 5.32 Å². The molecule has 3 rings (SSSR count). The molecule has 0 radical (unpaired) electrons. The van der Waals surface area contributed by atoms with Crippen molar-refractivity contribution in [2.75, 3.05) is 26.7 Å². The van der Waals surface area contributed by atoms with Gasteiger partial charge in [0.2, 0.25) is 5.91 Å². The molecule has 1 N–H and O–H groups in total. The molecule has 27 heavy (non-hydrogen) atoms. The molecule has 1 fully saturated rings. The molecule has 1 unspecified atom stereocenters. The zero-order valence-corrected chi connectivity index (χ0v) is 17.6. The minimum atomic E-state index is 0. The van der Waals surface area contributed by atoms with Crippen molar-refractivity contribution in [2.45, 2.75) is 38.1 Å². The second-order valence-corrected chi connectivity index (χ2v) is 6.83. The largest absolute Gasteiger partial charge is 0.344 e. The molecule has 1 atom stereocenters. The number of carbonyl (C=O) groups is 1. The molecule has 1 saturated heterocycles. The first-order chi connectivity index (χ1) is 12.1. The minimum absolute atomic E-state index is 0. The van der Waals surface area contributed by atoms with E-state index in [9.17, 15) is 4.79 Å². The Hall–Kier alpha value is -1.57. The van der Waals surface area contributed by atoms with Gasteiger partial charge in [0.25, 0.3) is 0 Å². The van der Waals surface area contributed by atoms with E-state index in [0.717, 1.165) is 44.7 Å². The summed E-state index contributed by atoms with van der Waals surface area (Å²) in [6.07, 6.45) is 9.68. The number of rotatable bonds is 7. The van der Waals surface area contributed by atoms with E-state index < -0.39 is 0 Å². The summed E-state index contributed by atoms with van der Waals surface area (Å²) in [5, 5.41) is 7.80. The fraction of sp³-hybridized carbons (Fsp3) is 0.611. The van der Waals surface area contributed by atoms with Gasteiger partial charge in [-0.05, 0) is 31.9 Å². The van der Waals surface area contributed by atoms with Gasteiger partial charge in [-0.15, -0.1) is 24.8 Å². The van der Waals surface area contributed by atoms with Gasteiger partial charge < -0.3 is 14.8 Å². The van der Waals surface area contributed by atoms with E-state index in [-0.39, 0.29) is 30.7 Å². The molecule has 9 heteroatoms. The van der Waals surface area contributed by atoms with Gasteiger partial charge in [-0.3, -0.25) is 9.48 Å². The molecule has 2 aromatic rings. The van der Waals surface area contributed by atoms with E-state index in [2.05, 4.69) is 15.4 Å². The van der Waals surface area contributed by atoms with Crippen molar-refractivity contribution in [3.8, 4) is 0 Å². The van der Waals surface area contributed by atoms with Crippen molar-refractivity contribution in [1.29, 1.82) is 0 Å². The van der Waals surface area contributed by atoms with Crippen LogP contribution in [0, 0.1) is 0 Å². The average molecular weight is 417 g/mol. The highest BCUT2D eigenvalue weighted by atomic mass is 35.5. The van der Waals surface area contributed by atoms with Crippen molar-refractivity contribution in [3.63, 3.8) is 0 Å². The number of imidazole rings is 1. The predicted octanol–water partition coefficient (Wildman–Crippen LogP) is 2.02. The number of amides is 1. The molecular formula is C18H30Cl2N6O. The van der Waals surface area contributed by atoms with Crippen LogP contribution in [0.4, 0.5) is 0 Å². The summed E-state index contributed by atoms with van der Waals surface area (Å²) in [4.78, 5) is 18.7. The molecule has 1 aliphatic rings. The van der Waals surface area contributed by atoms with Gasteiger partial charge in [0.1, 0.15) is 12.4 Å². The van der Waals surface area contributed by atoms with Crippen molar-refractivity contribution in [2.24, 2.45) is 7.05 Å². The first-order valence-electron chi connectivity index (χ1n) is 9.07. The molecule has 0 saturated carbocycles. The zero-order valence-electron chi connectivity index (χ0n) is 16.0. The maximum Gasteiger partial charge on any atom is 0.244 e. The third kappa shape index (κ3) is 6.23. The predicted molar refractivity (Wildman–Crippen MR) is 111 cm³/mol. The Morgan fingerprint density at radius 3 is 2.85 bits per heavy atom. The van der Waals surface area contributed by atoms with Gasteiger partial charge in [-0.1, -0.05) is 0 Å². The highest BCUT2D eigenvalue weighted by Crippen LogP contribution is 2.22. The topological polar surface area (TPSA) is 68.0 Å². The van der Waals surface area contributed by atoms with Crippen LogP contribution >= 0.6 is 24.8 Å². The van der Waals surface area contributed by atoms with E-state index in [1.54, 1.807) is 11.1 Å². The third-order valence-electron chi connectivity index (χ3n) is 4.99. The van der Waals surface area contributed by atoms with Crippen molar-refractivity contribution < 1.29 is 4.79 Å². The first kappa shape index (κ1) is 23.5. The fourth-order valence-corrected chi connectivity index (χ4v) is 3.41. The number of piperidine rings is 1. The van der Waals surface area contributed by atoms with Crippen molar-refractivity contribution >= 4 is 30.7 Å². The number of nitrogens with one attached hydrogen (secondary N) is 1. The van der Waals surface area contributed by atoms with Crippen molar-refractivity contribution in [3.05, 3.63) is 36.2 Å². The van der Waals surface area contributed by atoms with Gasteiger partial charge in [-0.25, -0.2) is 4.98 Å². The van der Waals surface area contributed by atoms with Gasteiger partial charge in [0.05, 0.1) is 0 Å². The highest BCUT2D eigenvalue weighted by Gasteiger charge is 2.20. The quantitative estimate of drug-likeness (QED) is 0.749. The van der Waals surface area contributed by atoms with Gasteiger partial charge in [0, 0.05) is 63.8 Å². The summed E-state index contributed by atoms with van der Waals surface area (Å²) in [5.74, 6) is 1.62. The van der Waals surface area contributed by atoms with Crippen LogP contribution in [-0.4, -0.2) is 56.8 Å². The highest BCUT2D eigenvalue weighted by molar-refractivity contribution is 5.85. The Labute approximate surface area is 173 Å². The maximum absolute atomic E-state index is 12.5. The lowest BCUT2D eigenvalue weighted by atomic mass is 9.96. The second kappa shape index (κ2) is 11.3. The summed E-state index contributed by atoms with van der Waals surface area (Å²) >= 11 is 0.